The summed E-state index contributed by atoms with van der Waals surface area (Å²) in [5, 5.41) is 14.3. The molecule has 0 atom stereocenters. The van der Waals surface area contributed by atoms with Crippen molar-refractivity contribution in [1.82, 2.24) is 0 Å². The Bertz CT molecular complexity index is 1640. The zero-order chi connectivity index (χ0) is 26.4. The van der Waals surface area contributed by atoms with Crippen molar-refractivity contribution in [2.45, 2.75) is 11.8 Å². The van der Waals surface area contributed by atoms with Crippen LogP contribution in [0.25, 0.3) is 16.8 Å². The number of carbonyl (C=O) groups is 1. The molecule has 1 N–H and O–H groups in total. The maximum absolute atomic E-state index is 12.9. The van der Waals surface area contributed by atoms with Gasteiger partial charge in [-0.3, -0.25) is 4.79 Å². The first-order valence-electron chi connectivity index (χ1n) is 11.2. The van der Waals surface area contributed by atoms with E-state index in [1.807, 2.05) is 42.5 Å². The third-order valence-electron chi connectivity index (χ3n) is 5.27. The Hall–Kier alpha value is -4.13. The van der Waals surface area contributed by atoms with Crippen LogP contribution in [-0.2, 0) is 14.9 Å². The van der Waals surface area contributed by atoms with Gasteiger partial charge in [0.05, 0.1) is 11.1 Å². The fraction of sp³-hybridized carbons (Fsp3) is 0.0714. The van der Waals surface area contributed by atoms with Crippen LogP contribution in [-0.4, -0.2) is 20.9 Å². The molecule has 0 saturated heterocycles. The molecule has 0 aliphatic carbocycles. The standard InChI is InChI=1S/C28H21BrN2O5S/c1-2-35-26-17-19(16-24(29)27(26)36-37(33,34)22-11-4-3-5-12-22)15-21(18-30)28(32)31-25-14-8-10-20-9-6-7-13-23(20)25/h3-17H,2H2,1H3,(H,31,32)/b21-15+. The Morgan fingerprint density at radius 3 is 2.46 bits per heavy atom. The Kier molecular flexibility index (Phi) is 7.92. The Labute approximate surface area is 223 Å². The first-order chi connectivity index (χ1) is 17.8. The van der Waals surface area contributed by atoms with Crippen molar-refractivity contribution in [1.29, 1.82) is 5.26 Å². The first kappa shape index (κ1) is 25.9. The molecule has 4 aromatic rings. The molecule has 0 radical (unpaired) electrons. The molecular weight excluding hydrogens is 556 g/mol. The number of hydrogen-bond acceptors (Lipinski definition) is 6. The van der Waals surface area contributed by atoms with E-state index in [1.54, 1.807) is 37.3 Å². The molecule has 0 unspecified atom stereocenters. The second kappa shape index (κ2) is 11.3. The van der Waals surface area contributed by atoms with Crippen molar-refractivity contribution in [3.63, 3.8) is 0 Å². The highest BCUT2D eigenvalue weighted by Gasteiger charge is 2.22. The Morgan fingerprint density at radius 2 is 1.73 bits per heavy atom. The van der Waals surface area contributed by atoms with Gasteiger partial charge >= 0.3 is 10.1 Å². The normalized spacial score (nSPS) is 11.5. The van der Waals surface area contributed by atoms with Gasteiger partial charge in [-0.15, -0.1) is 0 Å². The van der Waals surface area contributed by atoms with E-state index in [2.05, 4.69) is 21.2 Å². The molecule has 0 bridgehead atoms. The van der Waals surface area contributed by atoms with Crippen molar-refractivity contribution in [2.75, 3.05) is 11.9 Å². The lowest BCUT2D eigenvalue weighted by atomic mass is 10.1. The van der Waals surface area contributed by atoms with E-state index in [9.17, 15) is 18.5 Å². The summed E-state index contributed by atoms with van der Waals surface area (Å²) in [6.45, 7) is 1.97. The van der Waals surface area contributed by atoms with E-state index in [-0.39, 0.29) is 33.0 Å². The number of carbonyl (C=O) groups excluding carboxylic acids is 1. The van der Waals surface area contributed by atoms with Crippen LogP contribution in [0.3, 0.4) is 0 Å². The average Bonchev–Trinajstić information content (AvgIpc) is 2.90. The van der Waals surface area contributed by atoms with E-state index in [4.69, 9.17) is 8.92 Å². The van der Waals surface area contributed by atoms with Gasteiger partial charge in [0.2, 0.25) is 0 Å². The van der Waals surface area contributed by atoms with Crippen LogP contribution in [0.4, 0.5) is 5.69 Å². The monoisotopic (exact) mass is 576 g/mol. The number of hydrogen-bond donors (Lipinski definition) is 1. The highest BCUT2D eigenvalue weighted by molar-refractivity contribution is 9.10. The molecule has 0 spiro atoms. The largest absolute Gasteiger partial charge is 0.490 e. The summed E-state index contributed by atoms with van der Waals surface area (Å²) >= 11 is 3.34. The number of nitrogens with one attached hydrogen (secondary N) is 1. The number of nitriles is 1. The van der Waals surface area contributed by atoms with Crippen molar-refractivity contribution >= 4 is 54.5 Å². The van der Waals surface area contributed by atoms with Crippen LogP contribution in [0.15, 0.2) is 99.9 Å². The SMILES string of the molecule is CCOc1cc(/C=C(\C#N)C(=O)Nc2cccc3ccccc23)cc(Br)c1OS(=O)(=O)c1ccccc1. The molecule has 0 aliphatic rings. The Morgan fingerprint density at radius 1 is 1.03 bits per heavy atom. The van der Waals surface area contributed by atoms with Crippen LogP contribution in [0, 0.1) is 11.3 Å². The molecule has 4 rings (SSSR count). The third kappa shape index (κ3) is 6.00. The predicted octanol–water partition coefficient (Wildman–Crippen LogP) is 6.31. The number of benzene rings is 4. The zero-order valence-corrected chi connectivity index (χ0v) is 22.0. The number of ether oxygens (including phenoxy) is 1. The van der Waals surface area contributed by atoms with Crippen molar-refractivity contribution in [3.05, 3.63) is 101 Å². The zero-order valence-electron chi connectivity index (χ0n) is 19.6. The lowest BCUT2D eigenvalue weighted by molar-refractivity contribution is -0.112. The van der Waals surface area contributed by atoms with Crippen molar-refractivity contribution in [2.24, 2.45) is 0 Å². The second-order valence-corrected chi connectivity index (χ2v) is 10.2. The highest BCUT2D eigenvalue weighted by atomic mass is 79.9. The average molecular weight is 577 g/mol. The number of nitrogens with zero attached hydrogens (tertiary/aromatic N) is 1. The number of halogens is 1. The van der Waals surface area contributed by atoms with Gasteiger partial charge in [-0.1, -0.05) is 54.6 Å². The number of amides is 1. The van der Waals surface area contributed by atoms with Crippen LogP contribution < -0.4 is 14.2 Å². The summed E-state index contributed by atoms with van der Waals surface area (Å²) in [5.74, 6) is -0.490. The summed E-state index contributed by atoms with van der Waals surface area (Å²) < 4.78 is 36.8. The molecule has 0 fully saturated rings. The molecule has 37 heavy (non-hydrogen) atoms. The maximum Gasteiger partial charge on any atom is 0.339 e. The summed E-state index contributed by atoms with van der Waals surface area (Å²) in [7, 11) is -4.13. The molecule has 1 amide bonds. The van der Waals surface area contributed by atoms with Gasteiger partial charge in [-0.05, 0) is 70.2 Å². The van der Waals surface area contributed by atoms with Gasteiger partial charge in [0.25, 0.3) is 5.91 Å². The van der Waals surface area contributed by atoms with Crippen molar-refractivity contribution < 1.29 is 22.1 Å². The predicted molar refractivity (Wildman–Crippen MR) is 146 cm³/mol. The van der Waals surface area contributed by atoms with E-state index in [1.165, 1.54) is 24.3 Å². The molecule has 7 nitrogen and oxygen atoms in total. The minimum atomic E-state index is -4.13. The van der Waals surface area contributed by atoms with Crippen LogP contribution >= 0.6 is 15.9 Å². The van der Waals surface area contributed by atoms with Gasteiger partial charge in [0.15, 0.2) is 11.5 Å². The number of anilines is 1. The molecule has 0 aromatic heterocycles. The van der Waals surface area contributed by atoms with Gasteiger partial charge in [0.1, 0.15) is 16.5 Å². The van der Waals surface area contributed by atoms with Gasteiger partial charge < -0.3 is 14.2 Å². The molecule has 0 aliphatic heterocycles. The van der Waals surface area contributed by atoms with E-state index in [0.717, 1.165) is 10.8 Å². The quantitative estimate of drug-likeness (QED) is 0.149. The van der Waals surface area contributed by atoms with E-state index >= 15 is 0 Å². The first-order valence-corrected chi connectivity index (χ1v) is 13.4. The topological polar surface area (TPSA) is 105 Å². The summed E-state index contributed by atoms with van der Waals surface area (Å²) in [6.07, 6.45) is 1.39. The van der Waals surface area contributed by atoms with Crippen LogP contribution in [0.5, 0.6) is 11.5 Å². The van der Waals surface area contributed by atoms with Gasteiger partial charge in [0, 0.05) is 11.1 Å². The van der Waals surface area contributed by atoms with Gasteiger partial charge in [-0.25, -0.2) is 0 Å². The van der Waals surface area contributed by atoms with E-state index in [0.29, 0.717) is 11.3 Å². The minimum Gasteiger partial charge on any atom is -0.490 e. The maximum atomic E-state index is 12.9. The molecule has 0 heterocycles. The van der Waals surface area contributed by atoms with Crippen LogP contribution in [0.1, 0.15) is 12.5 Å². The molecular formula is C28H21BrN2O5S. The fourth-order valence-corrected chi connectivity index (χ4v) is 5.23. The highest BCUT2D eigenvalue weighted by Crippen LogP contribution is 2.39. The minimum absolute atomic E-state index is 0.00908. The number of fused-ring (bicyclic) bond motifs is 1. The molecule has 9 heteroatoms. The van der Waals surface area contributed by atoms with Crippen molar-refractivity contribution in [3.8, 4) is 17.6 Å². The smallest absolute Gasteiger partial charge is 0.339 e. The molecule has 4 aromatic carbocycles. The second-order valence-electron chi connectivity index (χ2n) is 7.76. The van der Waals surface area contributed by atoms with Crippen LogP contribution in [0.2, 0.25) is 0 Å². The molecule has 186 valence electrons. The van der Waals surface area contributed by atoms with E-state index < -0.39 is 16.0 Å². The summed E-state index contributed by atoms with van der Waals surface area (Å²) in [6, 6.07) is 25.8. The Balaban J connectivity index is 1.66. The fourth-order valence-electron chi connectivity index (χ4n) is 3.60. The summed E-state index contributed by atoms with van der Waals surface area (Å²) in [4.78, 5) is 12.9. The van der Waals surface area contributed by atoms with Gasteiger partial charge in [-0.2, -0.15) is 13.7 Å². The lowest BCUT2D eigenvalue weighted by Gasteiger charge is -2.14. The lowest BCUT2D eigenvalue weighted by Crippen LogP contribution is -2.13. The molecule has 0 saturated carbocycles. The third-order valence-corrected chi connectivity index (χ3v) is 7.10. The number of rotatable bonds is 8. The summed E-state index contributed by atoms with van der Waals surface area (Å²) in [5.41, 5.74) is 0.868.